The van der Waals surface area contributed by atoms with Crippen molar-refractivity contribution in [3.8, 4) is 5.75 Å². The zero-order valence-corrected chi connectivity index (χ0v) is 15.4. The van der Waals surface area contributed by atoms with Crippen LogP contribution in [0.4, 0.5) is 5.69 Å². The number of nitrogens with one attached hydrogen (secondary N) is 2. The van der Waals surface area contributed by atoms with Gasteiger partial charge >= 0.3 is 0 Å². The quantitative estimate of drug-likeness (QED) is 0.596. The molecule has 0 atom stereocenters. The molecule has 0 aliphatic heterocycles. The molecule has 3 aromatic rings. The number of aromatic nitrogens is 2. The molecule has 0 saturated heterocycles. The highest BCUT2D eigenvalue weighted by molar-refractivity contribution is 6.04. The summed E-state index contributed by atoms with van der Waals surface area (Å²) >= 11 is 0. The Morgan fingerprint density at radius 3 is 2.70 bits per heavy atom. The van der Waals surface area contributed by atoms with E-state index in [0.717, 1.165) is 23.5 Å². The van der Waals surface area contributed by atoms with Crippen LogP contribution in [-0.2, 0) is 13.0 Å². The topological polar surface area (TPSA) is 89.3 Å². The summed E-state index contributed by atoms with van der Waals surface area (Å²) in [6.45, 7) is 3.20. The largest absolute Gasteiger partial charge is 0.497 e. The van der Waals surface area contributed by atoms with E-state index in [1.165, 1.54) is 0 Å². The number of aryl methyl sites for hydroxylation is 1. The Hall–Kier alpha value is -3.19. The highest BCUT2D eigenvalue weighted by Crippen LogP contribution is 2.15. The van der Waals surface area contributed by atoms with Crippen molar-refractivity contribution in [3.63, 3.8) is 0 Å². The minimum Gasteiger partial charge on any atom is -0.497 e. The molecule has 0 bridgehead atoms. The molecule has 1 amide bonds. The molecule has 140 valence electrons. The third-order valence-corrected chi connectivity index (χ3v) is 3.95. The Kier molecular flexibility index (Phi) is 6.17. The van der Waals surface area contributed by atoms with Crippen LogP contribution in [0.3, 0.4) is 0 Å². The Labute approximate surface area is 157 Å². The number of methoxy groups -OCH3 is 1. The maximum absolute atomic E-state index is 12.4. The standard InChI is InChI=1S/C20H22N4O3/c1-14-22-19(27-24-14)10-11-21-13-15-4-3-5-17(12-15)23-20(25)16-6-8-18(26-2)9-7-16/h3-9,12,21H,10-11,13H2,1-2H3,(H,23,25). The van der Waals surface area contributed by atoms with Crippen LogP contribution in [-0.4, -0.2) is 29.7 Å². The predicted octanol–water partition coefficient (Wildman–Crippen LogP) is 2.97. The van der Waals surface area contributed by atoms with Crippen LogP contribution in [0.15, 0.2) is 53.1 Å². The Morgan fingerprint density at radius 1 is 1.19 bits per heavy atom. The molecule has 27 heavy (non-hydrogen) atoms. The smallest absolute Gasteiger partial charge is 0.255 e. The van der Waals surface area contributed by atoms with Crippen molar-refractivity contribution >= 4 is 11.6 Å². The summed E-state index contributed by atoms with van der Waals surface area (Å²) in [5.41, 5.74) is 2.40. The van der Waals surface area contributed by atoms with Crippen molar-refractivity contribution < 1.29 is 14.1 Å². The van der Waals surface area contributed by atoms with Gasteiger partial charge in [-0.3, -0.25) is 4.79 Å². The fourth-order valence-electron chi connectivity index (χ4n) is 2.57. The highest BCUT2D eigenvalue weighted by Gasteiger charge is 2.07. The first kappa shape index (κ1) is 18.6. The second-order valence-electron chi connectivity index (χ2n) is 6.05. The predicted molar refractivity (Wildman–Crippen MR) is 102 cm³/mol. The average Bonchev–Trinajstić information content (AvgIpc) is 3.11. The van der Waals surface area contributed by atoms with Gasteiger partial charge in [0.2, 0.25) is 5.89 Å². The molecule has 7 nitrogen and oxygen atoms in total. The number of carbonyl (C=O) groups is 1. The fraction of sp³-hybridized carbons (Fsp3) is 0.250. The van der Waals surface area contributed by atoms with E-state index in [-0.39, 0.29) is 5.91 Å². The van der Waals surface area contributed by atoms with Gasteiger partial charge in [-0.15, -0.1) is 0 Å². The molecule has 1 aromatic heterocycles. The number of hydrogen-bond donors (Lipinski definition) is 2. The molecule has 1 heterocycles. The zero-order valence-electron chi connectivity index (χ0n) is 15.4. The van der Waals surface area contributed by atoms with E-state index in [4.69, 9.17) is 9.26 Å². The minimum atomic E-state index is -0.158. The monoisotopic (exact) mass is 366 g/mol. The van der Waals surface area contributed by atoms with E-state index in [9.17, 15) is 4.79 Å². The first-order valence-corrected chi connectivity index (χ1v) is 8.68. The minimum absolute atomic E-state index is 0.158. The fourth-order valence-corrected chi connectivity index (χ4v) is 2.57. The number of nitrogens with zero attached hydrogens (tertiary/aromatic N) is 2. The highest BCUT2D eigenvalue weighted by atomic mass is 16.5. The van der Waals surface area contributed by atoms with E-state index in [1.54, 1.807) is 38.3 Å². The molecule has 0 spiro atoms. The van der Waals surface area contributed by atoms with Crippen molar-refractivity contribution in [1.29, 1.82) is 0 Å². The van der Waals surface area contributed by atoms with E-state index >= 15 is 0 Å². The first-order chi connectivity index (χ1) is 13.1. The summed E-state index contributed by atoms with van der Waals surface area (Å²) in [6, 6.07) is 14.7. The molecule has 0 radical (unpaired) electrons. The Balaban J connectivity index is 1.51. The van der Waals surface area contributed by atoms with E-state index in [1.807, 2.05) is 24.3 Å². The third-order valence-electron chi connectivity index (χ3n) is 3.95. The number of amides is 1. The molecule has 0 aliphatic rings. The lowest BCUT2D eigenvalue weighted by molar-refractivity contribution is 0.102. The maximum atomic E-state index is 12.4. The molecule has 3 rings (SSSR count). The summed E-state index contributed by atoms with van der Waals surface area (Å²) in [5, 5.41) is 10.0. The lowest BCUT2D eigenvalue weighted by Crippen LogP contribution is -2.17. The summed E-state index contributed by atoms with van der Waals surface area (Å²) in [6.07, 6.45) is 0.675. The molecule has 2 N–H and O–H groups in total. The van der Waals surface area contributed by atoms with Crippen molar-refractivity contribution in [2.24, 2.45) is 0 Å². The first-order valence-electron chi connectivity index (χ1n) is 8.68. The van der Waals surface area contributed by atoms with Gasteiger partial charge in [0.25, 0.3) is 5.91 Å². The SMILES string of the molecule is COc1ccc(C(=O)Nc2cccc(CNCCc3nc(C)no3)c2)cc1. The van der Waals surface area contributed by atoms with Gasteiger partial charge in [-0.1, -0.05) is 17.3 Å². The van der Waals surface area contributed by atoms with Gasteiger partial charge in [-0.2, -0.15) is 4.98 Å². The molecule has 0 fully saturated rings. The van der Waals surface area contributed by atoms with Gasteiger partial charge in [-0.25, -0.2) is 0 Å². The number of hydrogen-bond acceptors (Lipinski definition) is 6. The molecule has 0 saturated carbocycles. The van der Waals surface area contributed by atoms with Crippen LogP contribution in [0.25, 0.3) is 0 Å². The molecule has 7 heteroatoms. The Bertz CT molecular complexity index is 890. The summed E-state index contributed by atoms with van der Waals surface area (Å²) < 4.78 is 10.2. The number of anilines is 1. The van der Waals surface area contributed by atoms with E-state index in [2.05, 4.69) is 20.8 Å². The zero-order chi connectivity index (χ0) is 19.1. The number of ether oxygens (including phenoxy) is 1. The molecule has 2 aromatic carbocycles. The number of rotatable bonds is 8. The van der Waals surface area contributed by atoms with E-state index < -0.39 is 0 Å². The summed E-state index contributed by atoms with van der Waals surface area (Å²) in [7, 11) is 1.59. The third kappa shape index (κ3) is 5.39. The van der Waals surface area contributed by atoms with Gasteiger partial charge in [0.05, 0.1) is 7.11 Å². The lowest BCUT2D eigenvalue weighted by atomic mass is 10.1. The molecular formula is C20H22N4O3. The van der Waals surface area contributed by atoms with Crippen molar-refractivity contribution in [2.45, 2.75) is 19.9 Å². The van der Waals surface area contributed by atoms with E-state index in [0.29, 0.717) is 30.2 Å². The number of carbonyl (C=O) groups excluding carboxylic acids is 1. The molecule has 0 unspecified atom stereocenters. The Morgan fingerprint density at radius 2 is 2.00 bits per heavy atom. The molecular weight excluding hydrogens is 344 g/mol. The summed E-state index contributed by atoms with van der Waals surface area (Å²) in [4.78, 5) is 16.5. The molecule has 0 aliphatic carbocycles. The maximum Gasteiger partial charge on any atom is 0.255 e. The lowest BCUT2D eigenvalue weighted by Gasteiger charge is -2.09. The second kappa shape index (κ2) is 8.95. The summed E-state index contributed by atoms with van der Waals surface area (Å²) in [5.74, 6) is 1.83. The van der Waals surface area contributed by atoms with Gasteiger partial charge in [0.1, 0.15) is 5.75 Å². The average molecular weight is 366 g/mol. The van der Waals surface area contributed by atoms with Crippen LogP contribution in [0.1, 0.15) is 27.6 Å². The van der Waals surface area contributed by atoms with Gasteiger partial charge in [0.15, 0.2) is 5.82 Å². The van der Waals surface area contributed by atoms with Gasteiger partial charge < -0.3 is 19.9 Å². The van der Waals surface area contributed by atoms with Crippen molar-refractivity contribution in [3.05, 3.63) is 71.4 Å². The normalized spacial score (nSPS) is 10.6. The van der Waals surface area contributed by atoms with Crippen molar-refractivity contribution in [1.82, 2.24) is 15.5 Å². The van der Waals surface area contributed by atoms with Gasteiger partial charge in [0, 0.05) is 30.8 Å². The second-order valence-corrected chi connectivity index (χ2v) is 6.05. The van der Waals surface area contributed by atoms with Gasteiger partial charge in [-0.05, 0) is 48.9 Å². The van der Waals surface area contributed by atoms with Crippen LogP contribution in [0.2, 0.25) is 0 Å². The number of benzene rings is 2. The van der Waals surface area contributed by atoms with Crippen LogP contribution >= 0.6 is 0 Å². The van der Waals surface area contributed by atoms with Crippen LogP contribution in [0.5, 0.6) is 5.75 Å². The van der Waals surface area contributed by atoms with Crippen LogP contribution in [0, 0.1) is 6.92 Å². The van der Waals surface area contributed by atoms with Crippen LogP contribution < -0.4 is 15.4 Å². The van der Waals surface area contributed by atoms with Crippen molar-refractivity contribution in [2.75, 3.05) is 19.0 Å².